The zero-order valence-electron chi connectivity index (χ0n) is 10.4. The van der Waals surface area contributed by atoms with Crippen LogP contribution in [0.1, 0.15) is 46.5 Å². The Kier molecular flexibility index (Phi) is 3.77. The Morgan fingerprint density at radius 2 is 1.93 bits per heavy atom. The Bertz CT molecular complexity index is 232. The predicted octanol–water partition coefficient (Wildman–Crippen LogP) is 1.76. The van der Waals surface area contributed by atoms with Gasteiger partial charge in [0.1, 0.15) is 0 Å². The highest BCUT2D eigenvalue weighted by atomic mass is 16.2. The molecule has 88 valence electrons. The van der Waals surface area contributed by atoms with Crippen molar-refractivity contribution < 1.29 is 4.79 Å². The average Bonchev–Trinajstić information content (AvgIpc) is 3.08. The van der Waals surface area contributed by atoms with Crippen molar-refractivity contribution in [1.82, 2.24) is 4.90 Å². The lowest BCUT2D eigenvalue weighted by Crippen LogP contribution is -2.55. The minimum absolute atomic E-state index is 0.104. The lowest BCUT2D eigenvalue weighted by molar-refractivity contribution is -0.138. The maximum absolute atomic E-state index is 12.2. The van der Waals surface area contributed by atoms with Crippen LogP contribution in [0.5, 0.6) is 0 Å². The fourth-order valence-electron chi connectivity index (χ4n) is 1.98. The van der Waals surface area contributed by atoms with Gasteiger partial charge in [-0.3, -0.25) is 4.79 Å². The van der Waals surface area contributed by atoms with Gasteiger partial charge in [0.15, 0.2) is 0 Å². The quantitative estimate of drug-likeness (QED) is 0.755. The van der Waals surface area contributed by atoms with Gasteiger partial charge in [0.2, 0.25) is 5.91 Å². The molecule has 0 aromatic rings. The maximum atomic E-state index is 12.2. The standard InChI is InChI=1S/C12H24N2O/c1-5-12(13,6-2)11(15)14(4)9(3)10-7-8-10/h9-10H,5-8,13H2,1-4H3. The van der Waals surface area contributed by atoms with Gasteiger partial charge in [-0.15, -0.1) is 0 Å². The molecule has 1 amide bonds. The van der Waals surface area contributed by atoms with Gasteiger partial charge in [0.05, 0.1) is 5.54 Å². The lowest BCUT2D eigenvalue weighted by Gasteiger charge is -2.34. The first-order chi connectivity index (χ1) is 6.96. The predicted molar refractivity (Wildman–Crippen MR) is 62.5 cm³/mol. The molecule has 0 aromatic heterocycles. The number of nitrogens with zero attached hydrogens (tertiary/aromatic N) is 1. The van der Waals surface area contributed by atoms with Crippen LogP contribution in [0.15, 0.2) is 0 Å². The number of likely N-dealkylation sites (N-methyl/N-ethyl adjacent to an activating group) is 1. The molecule has 3 nitrogen and oxygen atoms in total. The van der Waals surface area contributed by atoms with Gasteiger partial charge < -0.3 is 10.6 Å². The van der Waals surface area contributed by atoms with Crippen LogP contribution in [0.2, 0.25) is 0 Å². The third-order valence-corrected chi connectivity index (χ3v) is 3.92. The van der Waals surface area contributed by atoms with E-state index in [0.29, 0.717) is 24.8 Å². The molecule has 0 bridgehead atoms. The molecule has 15 heavy (non-hydrogen) atoms. The first-order valence-electron chi connectivity index (χ1n) is 6.02. The van der Waals surface area contributed by atoms with Gasteiger partial charge in [0.25, 0.3) is 0 Å². The molecular weight excluding hydrogens is 188 g/mol. The lowest BCUT2D eigenvalue weighted by atomic mass is 9.92. The summed E-state index contributed by atoms with van der Waals surface area (Å²) in [4.78, 5) is 14.1. The molecule has 0 radical (unpaired) electrons. The summed E-state index contributed by atoms with van der Waals surface area (Å²) in [6, 6.07) is 0.346. The van der Waals surface area contributed by atoms with Gasteiger partial charge in [-0.25, -0.2) is 0 Å². The zero-order valence-corrected chi connectivity index (χ0v) is 10.4. The monoisotopic (exact) mass is 212 g/mol. The Hall–Kier alpha value is -0.570. The summed E-state index contributed by atoms with van der Waals surface area (Å²) in [6.45, 7) is 6.09. The van der Waals surface area contributed by atoms with Crippen LogP contribution < -0.4 is 5.73 Å². The van der Waals surface area contributed by atoms with Crippen LogP contribution in [0.4, 0.5) is 0 Å². The molecular formula is C12H24N2O. The fourth-order valence-corrected chi connectivity index (χ4v) is 1.98. The molecule has 1 saturated carbocycles. The van der Waals surface area contributed by atoms with Crippen molar-refractivity contribution in [2.24, 2.45) is 11.7 Å². The summed E-state index contributed by atoms with van der Waals surface area (Å²) in [5, 5.41) is 0. The molecule has 0 aliphatic heterocycles. The number of nitrogens with two attached hydrogens (primary N) is 1. The number of hydrogen-bond acceptors (Lipinski definition) is 2. The molecule has 1 aliphatic carbocycles. The highest BCUT2D eigenvalue weighted by Crippen LogP contribution is 2.35. The second-order valence-electron chi connectivity index (χ2n) is 4.86. The number of hydrogen-bond donors (Lipinski definition) is 1. The van der Waals surface area contributed by atoms with E-state index in [2.05, 4.69) is 6.92 Å². The van der Waals surface area contributed by atoms with Crippen LogP contribution in [-0.2, 0) is 4.79 Å². The summed E-state index contributed by atoms with van der Waals surface area (Å²) in [6.07, 6.45) is 3.94. The Morgan fingerprint density at radius 3 is 2.27 bits per heavy atom. The van der Waals surface area contributed by atoms with E-state index >= 15 is 0 Å². The molecule has 1 aliphatic rings. The van der Waals surface area contributed by atoms with E-state index in [4.69, 9.17) is 5.73 Å². The van der Waals surface area contributed by atoms with Crippen molar-refractivity contribution in [2.45, 2.75) is 58.0 Å². The Morgan fingerprint density at radius 1 is 1.47 bits per heavy atom. The highest BCUT2D eigenvalue weighted by molar-refractivity contribution is 5.86. The topological polar surface area (TPSA) is 46.3 Å². The van der Waals surface area contributed by atoms with Crippen molar-refractivity contribution in [2.75, 3.05) is 7.05 Å². The zero-order chi connectivity index (χ0) is 11.6. The average molecular weight is 212 g/mol. The third-order valence-electron chi connectivity index (χ3n) is 3.92. The smallest absolute Gasteiger partial charge is 0.242 e. The third kappa shape index (κ3) is 2.51. The molecule has 0 aromatic carbocycles. The van der Waals surface area contributed by atoms with E-state index in [1.54, 1.807) is 0 Å². The SMILES string of the molecule is CCC(N)(CC)C(=O)N(C)C(C)C1CC1. The second-order valence-corrected chi connectivity index (χ2v) is 4.86. The first kappa shape index (κ1) is 12.5. The van der Waals surface area contributed by atoms with E-state index in [1.807, 2.05) is 25.8 Å². The van der Waals surface area contributed by atoms with Crippen LogP contribution >= 0.6 is 0 Å². The molecule has 2 N–H and O–H groups in total. The van der Waals surface area contributed by atoms with E-state index < -0.39 is 5.54 Å². The molecule has 0 heterocycles. The molecule has 1 unspecified atom stereocenters. The van der Waals surface area contributed by atoms with Crippen LogP contribution in [-0.4, -0.2) is 29.4 Å². The molecule has 1 rings (SSSR count). The largest absolute Gasteiger partial charge is 0.341 e. The summed E-state index contributed by atoms with van der Waals surface area (Å²) in [5.74, 6) is 0.809. The van der Waals surface area contributed by atoms with E-state index in [-0.39, 0.29) is 5.91 Å². The highest BCUT2D eigenvalue weighted by Gasteiger charge is 2.38. The molecule has 3 heteroatoms. The maximum Gasteiger partial charge on any atom is 0.242 e. The minimum Gasteiger partial charge on any atom is -0.341 e. The fraction of sp³-hybridized carbons (Fsp3) is 0.917. The van der Waals surface area contributed by atoms with E-state index in [1.165, 1.54) is 12.8 Å². The summed E-state index contributed by atoms with van der Waals surface area (Å²) in [7, 11) is 1.89. The minimum atomic E-state index is -0.655. The Balaban J connectivity index is 2.64. The summed E-state index contributed by atoms with van der Waals surface area (Å²) >= 11 is 0. The number of carbonyl (C=O) groups excluding carboxylic acids is 1. The molecule has 1 fully saturated rings. The first-order valence-corrected chi connectivity index (χ1v) is 6.02. The van der Waals surface area contributed by atoms with Crippen LogP contribution in [0.25, 0.3) is 0 Å². The van der Waals surface area contributed by atoms with Crippen molar-refractivity contribution in [3.05, 3.63) is 0 Å². The van der Waals surface area contributed by atoms with Crippen LogP contribution in [0, 0.1) is 5.92 Å². The molecule has 1 atom stereocenters. The number of carbonyl (C=O) groups is 1. The van der Waals surface area contributed by atoms with Crippen LogP contribution in [0.3, 0.4) is 0 Å². The van der Waals surface area contributed by atoms with Crippen molar-refractivity contribution in [3.63, 3.8) is 0 Å². The molecule has 0 spiro atoms. The van der Waals surface area contributed by atoms with Crippen molar-refractivity contribution in [1.29, 1.82) is 0 Å². The summed E-state index contributed by atoms with van der Waals surface area (Å²) in [5.41, 5.74) is 5.45. The van der Waals surface area contributed by atoms with Gasteiger partial charge in [0, 0.05) is 13.1 Å². The van der Waals surface area contributed by atoms with Crippen molar-refractivity contribution in [3.8, 4) is 0 Å². The summed E-state index contributed by atoms with van der Waals surface area (Å²) < 4.78 is 0. The van der Waals surface area contributed by atoms with Gasteiger partial charge >= 0.3 is 0 Å². The van der Waals surface area contributed by atoms with Crippen molar-refractivity contribution >= 4 is 5.91 Å². The van der Waals surface area contributed by atoms with Gasteiger partial charge in [-0.1, -0.05) is 13.8 Å². The second kappa shape index (κ2) is 4.52. The van der Waals surface area contributed by atoms with E-state index in [0.717, 1.165) is 0 Å². The number of rotatable bonds is 5. The van der Waals surface area contributed by atoms with E-state index in [9.17, 15) is 4.79 Å². The normalized spacial score (nSPS) is 18.7. The van der Waals surface area contributed by atoms with Gasteiger partial charge in [-0.2, -0.15) is 0 Å². The number of amides is 1. The van der Waals surface area contributed by atoms with Gasteiger partial charge in [-0.05, 0) is 38.5 Å². The Labute approximate surface area is 93.0 Å². The molecule has 0 saturated heterocycles.